The molecule has 0 aliphatic carbocycles. The summed E-state index contributed by atoms with van der Waals surface area (Å²) in [6.07, 6.45) is 8.75. The molecule has 0 radical (unpaired) electrons. The van der Waals surface area contributed by atoms with Crippen LogP contribution in [0.5, 0.6) is 0 Å². The van der Waals surface area contributed by atoms with Crippen molar-refractivity contribution in [3.63, 3.8) is 0 Å². The summed E-state index contributed by atoms with van der Waals surface area (Å²) in [5.41, 5.74) is 0.658. The topological polar surface area (TPSA) is 95.0 Å². The third kappa shape index (κ3) is 3.28. The van der Waals surface area contributed by atoms with Crippen LogP contribution in [-0.2, 0) is 16.3 Å². The van der Waals surface area contributed by atoms with Crippen molar-refractivity contribution in [2.75, 3.05) is 23.5 Å². The summed E-state index contributed by atoms with van der Waals surface area (Å²) in [5.74, 6) is 3.14. The average molecular weight is 378 g/mol. The van der Waals surface area contributed by atoms with Gasteiger partial charge in [0.1, 0.15) is 5.69 Å². The molecule has 10 heteroatoms. The van der Waals surface area contributed by atoms with Crippen LogP contribution in [0.1, 0.15) is 18.3 Å². The van der Waals surface area contributed by atoms with Crippen LogP contribution in [0, 0.1) is 0 Å². The second-order valence-electron chi connectivity index (χ2n) is 6.05. The molecule has 4 rings (SSSR count). The van der Waals surface area contributed by atoms with Crippen molar-refractivity contribution in [2.45, 2.75) is 18.9 Å². The average Bonchev–Trinajstić information content (AvgIpc) is 3.28. The number of imidazole rings is 1. The second-order valence-corrected chi connectivity index (χ2v) is 9.26. The molecule has 3 aromatic heterocycles. The standard InChI is InChI=1S/C15H18N6O2S2/c1-24-7-3-13-18-14(12-9-20-6-2-5-16-15(20)17-12)21(19-13)11-4-8-25(22,23)10-11/h2,5-6,9,11H,3-4,7-8,10H2,1H3/t11-/m0/s1. The molecule has 0 spiro atoms. The van der Waals surface area contributed by atoms with E-state index in [0.717, 1.165) is 18.0 Å². The molecule has 1 aliphatic rings. The number of aryl methyl sites for hydroxylation is 1. The smallest absolute Gasteiger partial charge is 0.234 e. The van der Waals surface area contributed by atoms with Crippen LogP contribution >= 0.6 is 11.8 Å². The lowest BCUT2D eigenvalue weighted by Crippen LogP contribution is -2.14. The second kappa shape index (κ2) is 6.41. The van der Waals surface area contributed by atoms with Gasteiger partial charge in [-0.2, -0.15) is 16.9 Å². The Kier molecular flexibility index (Phi) is 4.24. The number of thioether (sulfide) groups is 1. The Bertz CT molecular complexity index is 977. The van der Waals surface area contributed by atoms with E-state index < -0.39 is 9.84 Å². The van der Waals surface area contributed by atoms with Gasteiger partial charge in [0.15, 0.2) is 21.5 Å². The molecule has 1 fully saturated rings. The fourth-order valence-corrected chi connectivity index (χ4v) is 5.08. The third-order valence-corrected chi connectivity index (χ3v) is 6.59. The van der Waals surface area contributed by atoms with E-state index in [1.165, 1.54) is 0 Å². The van der Waals surface area contributed by atoms with Gasteiger partial charge < -0.3 is 0 Å². The van der Waals surface area contributed by atoms with Crippen molar-refractivity contribution in [2.24, 2.45) is 0 Å². The van der Waals surface area contributed by atoms with Gasteiger partial charge in [0.05, 0.1) is 17.5 Å². The van der Waals surface area contributed by atoms with Crippen LogP contribution in [0.25, 0.3) is 17.3 Å². The Morgan fingerprint density at radius 1 is 1.36 bits per heavy atom. The highest BCUT2D eigenvalue weighted by Gasteiger charge is 2.32. The molecular weight excluding hydrogens is 360 g/mol. The van der Waals surface area contributed by atoms with Gasteiger partial charge in [0.25, 0.3) is 0 Å². The van der Waals surface area contributed by atoms with Crippen LogP contribution < -0.4 is 0 Å². The molecule has 0 amide bonds. The third-order valence-electron chi connectivity index (χ3n) is 4.22. The Balaban J connectivity index is 1.77. The fourth-order valence-electron chi connectivity index (χ4n) is 3.00. The first kappa shape index (κ1) is 16.5. The van der Waals surface area contributed by atoms with E-state index in [-0.39, 0.29) is 17.5 Å². The zero-order chi connectivity index (χ0) is 17.4. The normalized spacial score (nSPS) is 19.6. The largest absolute Gasteiger partial charge is 0.290 e. The van der Waals surface area contributed by atoms with Crippen molar-refractivity contribution < 1.29 is 8.42 Å². The first-order valence-corrected chi connectivity index (χ1v) is 11.2. The molecule has 1 aliphatic heterocycles. The Hall–Kier alpha value is -1.94. The summed E-state index contributed by atoms with van der Waals surface area (Å²) in [6, 6.07) is 1.64. The summed E-state index contributed by atoms with van der Waals surface area (Å²) in [5, 5.41) is 4.60. The highest BCUT2D eigenvalue weighted by molar-refractivity contribution is 7.98. The Morgan fingerprint density at radius 3 is 2.96 bits per heavy atom. The van der Waals surface area contributed by atoms with E-state index in [1.807, 2.05) is 29.1 Å². The summed E-state index contributed by atoms with van der Waals surface area (Å²) < 4.78 is 27.3. The lowest BCUT2D eigenvalue weighted by atomic mass is 10.2. The quantitative estimate of drug-likeness (QED) is 0.659. The van der Waals surface area contributed by atoms with Crippen LogP contribution in [0.3, 0.4) is 0 Å². The first-order valence-electron chi connectivity index (χ1n) is 8.00. The predicted molar refractivity (Wildman–Crippen MR) is 96.4 cm³/mol. The van der Waals surface area contributed by atoms with Gasteiger partial charge in [-0.15, -0.1) is 0 Å². The van der Waals surface area contributed by atoms with Gasteiger partial charge >= 0.3 is 0 Å². The van der Waals surface area contributed by atoms with Gasteiger partial charge in [-0.1, -0.05) is 0 Å². The highest BCUT2D eigenvalue weighted by Crippen LogP contribution is 2.28. The number of fused-ring (bicyclic) bond motifs is 1. The fraction of sp³-hybridized carbons (Fsp3) is 0.467. The zero-order valence-electron chi connectivity index (χ0n) is 13.7. The molecule has 0 bridgehead atoms. The van der Waals surface area contributed by atoms with Crippen LogP contribution in [0.15, 0.2) is 24.7 Å². The minimum absolute atomic E-state index is 0.108. The molecule has 132 valence electrons. The SMILES string of the molecule is CSCCc1nc(-c2cn3cccnc3n2)n([C@H]2CCS(=O)(=O)C2)n1. The Morgan fingerprint density at radius 2 is 2.24 bits per heavy atom. The minimum atomic E-state index is -3.01. The van der Waals surface area contributed by atoms with Crippen molar-refractivity contribution in [3.05, 3.63) is 30.5 Å². The monoisotopic (exact) mass is 378 g/mol. The number of hydrogen-bond acceptors (Lipinski definition) is 7. The molecule has 4 heterocycles. The minimum Gasteiger partial charge on any atom is -0.290 e. The molecule has 8 nitrogen and oxygen atoms in total. The molecule has 1 atom stereocenters. The van der Waals surface area contributed by atoms with Crippen LogP contribution in [-0.4, -0.2) is 61.1 Å². The molecule has 0 saturated carbocycles. The van der Waals surface area contributed by atoms with Gasteiger partial charge in [-0.25, -0.2) is 28.1 Å². The number of nitrogens with zero attached hydrogens (tertiary/aromatic N) is 6. The zero-order valence-corrected chi connectivity index (χ0v) is 15.4. The van der Waals surface area contributed by atoms with Crippen molar-refractivity contribution >= 4 is 27.4 Å². The van der Waals surface area contributed by atoms with Gasteiger partial charge in [0.2, 0.25) is 5.78 Å². The van der Waals surface area contributed by atoms with Gasteiger partial charge in [-0.3, -0.25) is 4.40 Å². The molecule has 0 unspecified atom stereocenters. The van der Waals surface area contributed by atoms with Crippen LogP contribution in [0.2, 0.25) is 0 Å². The van der Waals surface area contributed by atoms with Crippen molar-refractivity contribution in [1.29, 1.82) is 0 Å². The van der Waals surface area contributed by atoms with E-state index in [9.17, 15) is 8.42 Å². The highest BCUT2D eigenvalue weighted by atomic mass is 32.2. The van der Waals surface area contributed by atoms with E-state index in [4.69, 9.17) is 0 Å². The van der Waals surface area contributed by atoms with E-state index in [0.29, 0.717) is 23.7 Å². The molecule has 1 saturated heterocycles. The van der Waals surface area contributed by atoms with Crippen LogP contribution in [0.4, 0.5) is 0 Å². The van der Waals surface area contributed by atoms with E-state index in [1.54, 1.807) is 22.6 Å². The molecule has 0 aromatic carbocycles. The summed E-state index contributed by atoms with van der Waals surface area (Å²) in [7, 11) is -3.01. The number of rotatable bonds is 5. The molecular formula is C15H18N6O2S2. The van der Waals surface area contributed by atoms with Gasteiger partial charge in [0, 0.05) is 30.8 Å². The molecule has 3 aromatic rings. The number of sulfone groups is 1. The lowest BCUT2D eigenvalue weighted by molar-refractivity contribution is 0.500. The molecule has 25 heavy (non-hydrogen) atoms. The van der Waals surface area contributed by atoms with Crippen molar-refractivity contribution in [1.82, 2.24) is 29.1 Å². The summed E-state index contributed by atoms with van der Waals surface area (Å²) in [4.78, 5) is 13.4. The maximum absolute atomic E-state index is 11.9. The first-order chi connectivity index (χ1) is 12.1. The Labute approximate surface area is 149 Å². The van der Waals surface area contributed by atoms with E-state index >= 15 is 0 Å². The number of hydrogen-bond donors (Lipinski definition) is 0. The summed E-state index contributed by atoms with van der Waals surface area (Å²) in [6.45, 7) is 0. The lowest BCUT2D eigenvalue weighted by Gasteiger charge is -2.10. The van der Waals surface area contributed by atoms with Gasteiger partial charge in [-0.05, 0) is 18.7 Å². The maximum Gasteiger partial charge on any atom is 0.234 e. The van der Waals surface area contributed by atoms with E-state index in [2.05, 4.69) is 20.1 Å². The molecule has 0 N–H and O–H groups in total. The predicted octanol–water partition coefficient (Wildman–Crippen LogP) is 1.25. The number of aromatic nitrogens is 6. The summed E-state index contributed by atoms with van der Waals surface area (Å²) >= 11 is 1.73. The maximum atomic E-state index is 11.9. The van der Waals surface area contributed by atoms with Crippen molar-refractivity contribution in [3.8, 4) is 11.5 Å².